The molecule has 0 unspecified atom stereocenters. The Kier molecular flexibility index (Phi) is 2.11. The van der Waals surface area contributed by atoms with Gasteiger partial charge in [-0.15, -0.1) is 0 Å². The summed E-state index contributed by atoms with van der Waals surface area (Å²) in [6, 6.07) is 14.7. The van der Waals surface area contributed by atoms with Crippen LogP contribution < -0.4 is 5.73 Å². The Balaban J connectivity index is 2.49. The van der Waals surface area contributed by atoms with Crippen molar-refractivity contribution in [2.45, 2.75) is 0 Å². The van der Waals surface area contributed by atoms with Crippen molar-refractivity contribution in [3.05, 3.63) is 48.5 Å². The van der Waals surface area contributed by atoms with Gasteiger partial charge >= 0.3 is 0 Å². The van der Waals surface area contributed by atoms with Crippen molar-refractivity contribution < 1.29 is 5.11 Å². The highest BCUT2D eigenvalue weighted by molar-refractivity contribution is 5.68. The molecule has 0 amide bonds. The van der Waals surface area contributed by atoms with Crippen molar-refractivity contribution in [2.75, 3.05) is 5.73 Å². The molecule has 0 heterocycles. The summed E-state index contributed by atoms with van der Waals surface area (Å²) in [5.41, 5.74) is 8.38. The lowest BCUT2D eigenvalue weighted by molar-refractivity contribution is 0.475. The number of nitrogens with two attached hydrogens (primary N) is 1. The molecular weight excluding hydrogens is 174 g/mol. The Hall–Kier alpha value is -1.96. The predicted octanol–water partition coefficient (Wildman–Crippen LogP) is 2.64. The lowest BCUT2D eigenvalue weighted by Gasteiger charge is -2.02. The van der Waals surface area contributed by atoms with Gasteiger partial charge in [0.1, 0.15) is 5.75 Å². The quantitative estimate of drug-likeness (QED) is 0.671. The van der Waals surface area contributed by atoms with E-state index in [1.807, 2.05) is 36.4 Å². The van der Waals surface area contributed by atoms with Crippen LogP contribution >= 0.6 is 0 Å². The molecule has 2 aromatic carbocycles. The molecular formula is C12H11NO. The number of rotatable bonds is 1. The van der Waals surface area contributed by atoms with E-state index >= 15 is 0 Å². The van der Waals surface area contributed by atoms with Gasteiger partial charge in [0.15, 0.2) is 0 Å². The molecule has 3 N–H and O–H groups in total. The molecule has 0 bridgehead atoms. The van der Waals surface area contributed by atoms with E-state index in [1.165, 1.54) is 0 Å². The monoisotopic (exact) mass is 185 g/mol. The SMILES string of the molecule is Nc1cccc(-c2cccc(O)c2)c1. The molecule has 2 rings (SSSR count). The first kappa shape index (κ1) is 8.63. The second kappa shape index (κ2) is 3.42. The molecule has 14 heavy (non-hydrogen) atoms. The number of anilines is 1. The first-order valence-corrected chi connectivity index (χ1v) is 4.41. The molecule has 2 nitrogen and oxygen atoms in total. The highest BCUT2D eigenvalue weighted by Crippen LogP contribution is 2.24. The molecule has 70 valence electrons. The van der Waals surface area contributed by atoms with Crippen LogP contribution in [0.15, 0.2) is 48.5 Å². The van der Waals surface area contributed by atoms with Gasteiger partial charge in [0.2, 0.25) is 0 Å². The number of phenolic OH excluding ortho intramolecular Hbond substituents is 1. The normalized spacial score (nSPS) is 10.0. The summed E-state index contributed by atoms with van der Waals surface area (Å²) in [5.74, 6) is 0.268. The smallest absolute Gasteiger partial charge is 0.116 e. The highest BCUT2D eigenvalue weighted by Gasteiger charge is 1.98. The molecule has 0 saturated heterocycles. The Morgan fingerprint density at radius 2 is 1.50 bits per heavy atom. The Morgan fingerprint density at radius 1 is 0.857 bits per heavy atom. The van der Waals surface area contributed by atoms with E-state index in [0.717, 1.165) is 16.8 Å². The third-order valence-electron chi connectivity index (χ3n) is 2.07. The van der Waals surface area contributed by atoms with Crippen molar-refractivity contribution >= 4 is 5.69 Å². The van der Waals surface area contributed by atoms with Crippen molar-refractivity contribution in [3.8, 4) is 16.9 Å². The summed E-state index contributed by atoms with van der Waals surface area (Å²) >= 11 is 0. The average Bonchev–Trinajstić information content (AvgIpc) is 2.18. The second-order valence-corrected chi connectivity index (χ2v) is 3.18. The van der Waals surface area contributed by atoms with Crippen LogP contribution in [0.2, 0.25) is 0 Å². The molecule has 2 heteroatoms. The van der Waals surface area contributed by atoms with Gasteiger partial charge in [-0.25, -0.2) is 0 Å². The molecule has 2 aromatic rings. The molecule has 0 fully saturated rings. The van der Waals surface area contributed by atoms with Crippen molar-refractivity contribution in [1.29, 1.82) is 0 Å². The minimum atomic E-state index is 0.268. The van der Waals surface area contributed by atoms with Gasteiger partial charge in [0.25, 0.3) is 0 Å². The van der Waals surface area contributed by atoms with Gasteiger partial charge in [-0.05, 0) is 35.4 Å². The summed E-state index contributed by atoms with van der Waals surface area (Å²) < 4.78 is 0. The van der Waals surface area contributed by atoms with Crippen LogP contribution in [0.25, 0.3) is 11.1 Å². The fourth-order valence-corrected chi connectivity index (χ4v) is 1.40. The van der Waals surface area contributed by atoms with E-state index < -0.39 is 0 Å². The van der Waals surface area contributed by atoms with Crippen LogP contribution in [0.1, 0.15) is 0 Å². The van der Waals surface area contributed by atoms with Gasteiger partial charge in [0.05, 0.1) is 0 Å². The van der Waals surface area contributed by atoms with E-state index in [0.29, 0.717) is 0 Å². The van der Waals surface area contributed by atoms with Crippen LogP contribution in [0.5, 0.6) is 5.75 Å². The zero-order chi connectivity index (χ0) is 9.97. The number of nitrogen functional groups attached to an aromatic ring is 1. The van der Waals surface area contributed by atoms with Crippen molar-refractivity contribution in [3.63, 3.8) is 0 Å². The van der Waals surface area contributed by atoms with Crippen LogP contribution in [-0.4, -0.2) is 5.11 Å². The van der Waals surface area contributed by atoms with Crippen LogP contribution in [0, 0.1) is 0 Å². The fraction of sp³-hybridized carbons (Fsp3) is 0. The summed E-state index contributed by atoms with van der Waals surface area (Å²) in [7, 11) is 0. The maximum atomic E-state index is 9.31. The molecule has 0 aromatic heterocycles. The first-order valence-electron chi connectivity index (χ1n) is 4.41. The number of hydrogen-bond donors (Lipinski definition) is 2. The standard InChI is InChI=1S/C12H11NO/c13-11-5-1-3-9(7-11)10-4-2-6-12(14)8-10/h1-8,14H,13H2. The molecule has 0 spiro atoms. The second-order valence-electron chi connectivity index (χ2n) is 3.18. The van der Waals surface area contributed by atoms with E-state index in [-0.39, 0.29) is 5.75 Å². The molecule has 0 aliphatic rings. The van der Waals surface area contributed by atoms with Gasteiger partial charge in [-0.1, -0.05) is 24.3 Å². The van der Waals surface area contributed by atoms with E-state index in [4.69, 9.17) is 5.73 Å². The number of benzene rings is 2. The zero-order valence-electron chi connectivity index (χ0n) is 7.64. The van der Waals surface area contributed by atoms with E-state index in [2.05, 4.69) is 0 Å². The van der Waals surface area contributed by atoms with Crippen molar-refractivity contribution in [1.82, 2.24) is 0 Å². The van der Waals surface area contributed by atoms with Gasteiger partial charge in [0, 0.05) is 5.69 Å². The van der Waals surface area contributed by atoms with Gasteiger partial charge in [-0.3, -0.25) is 0 Å². The lowest BCUT2D eigenvalue weighted by Crippen LogP contribution is -1.84. The third-order valence-corrected chi connectivity index (χ3v) is 2.07. The number of aromatic hydroxyl groups is 1. The fourth-order valence-electron chi connectivity index (χ4n) is 1.40. The predicted molar refractivity (Wildman–Crippen MR) is 58.0 cm³/mol. The summed E-state index contributed by atoms with van der Waals surface area (Å²) in [5, 5.41) is 9.31. The molecule has 0 atom stereocenters. The summed E-state index contributed by atoms with van der Waals surface area (Å²) in [4.78, 5) is 0. The molecule has 0 saturated carbocycles. The lowest BCUT2D eigenvalue weighted by atomic mass is 10.1. The average molecular weight is 185 g/mol. The first-order chi connectivity index (χ1) is 6.75. The zero-order valence-corrected chi connectivity index (χ0v) is 7.64. The molecule has 0 aliphatic heterocycles. The summed E-state index contributed by atoms with van der Waals surface area (Å²) in [6.45, 7) is 0. The Labute approximate surface area is 82.6 Å². The Morgan fingerprint density at radius 3 is 2.14 bits per heavy atom. The third kappa shape index (κ3) is 1.69. The van der Waals surface area contributed by atoms with Crippen LogP contribution in [0.3, 0.4) is 0 Å². The molecule has 0 aliphatic carbocycles. The minimum absolute atomic E-state index is 0.268. The van der Waals surface area contributed by atoms with E-state index in [9.17, 15) is 5.11 Å². The summed E-state index contributed by atoms with van der Waals surface area (Å²) in [6.07, 6.45) is 0. The Bertz CT molecular complexity index is 408. The maximum Gasteiger partial charge on any atom is 0.116 e. The minimum Gasteiger partial charge on any atom is -0.508 e. The van der Waals surface area contributed by atoms with E-state index in [1.54, 1.807) is 12.1 Å². The van der Waals surface area contributed by atoms with Crippen LogP contribution in [-0.2, 0) is 0 Å². The topological polar surface area (TPSA) is 46.2 Å². The van der Waals surface area contributed by atoms with Crippen LogP contribution in [0.4, 0.5) is 5.69 Å². The van der Waals surface area contributed by atoms with Gasteiger partial charge < -0.3 is 10.8 Å². The van der Waals surface area contributed by atoms with Gasteiger partial charge in [-0.2, -0.15) is 0 Å². The number of hydrogen-bond acceptors (Lipinski definition) is 2. The highest BCUT2D eigenvalue weighted by atomic mass is 16.3. The largest absolute Gasteiger partial charge is 0.508 e. The van der Waals surface area contributed by atoms with Crippen molar-refractivity contribution in [2.24, 2.45) is 0 Å². The number of phenols is 1. The maximum absolute atomic E-state index is 9.31. The molecule has 0 radical (unpaired) electrons.